The maximum Gasteiger partial charge on any atom is 0.230 e. The maximum absolute atomic E-state index is 12.4. The lowest BCUT2D eigenvalue weighted by Crippen LogP contribution is -2.32. The van der Waals surface area contributed by atoms with E-state index in [9.17, 15) is 4.79 Å². The van der Waals surface area contributed by atoms with Gasteiger partial charge in [-0.2, -0.15) is 0 Å². The molecule has 0 radical (unpaired) electrons. The molecule has 0 aliphatic carbocycles. The molecular weight excluding hydrogens is 406 g/mol. The predicted molar refractivity (Wildman–Crippen MR) is 127 cm³/mol. The van der Waals surface area contributed by atoms with Gasteiger partial charge in [-0.15, -0.1) is 11.3 Å². The van der Waals surface area contributed by atoms with Crippen LogP contribution in [0, 0.1) is 12.8 Å². The SMILES string of the molecule is Cc1ccc(OCc2nc(CC(=O)Nc3ccc(N4CCC(C)CC4)cc3)cs2)cc1. The first-order chi connectivity index (χ1) is 15.0. The fourth-order valence-corrected chi connectivity index (χ4v) is 4.37. The first-order valence-electron chi connectivity index (χ1n) is 10.8. The summed E-state index contributed by atoms with van der Waals surface area (Å²) >= 11 is 1.52. The van der Waals surface area contributed by atoms with E-state index in [4.69, 9.17) is 4.74 Å². The van der Waals surface area contributed by atoms with E-state index in [1.54, 1.807) is 0 Å². The van der Waals surface area contributed by atoms with Crippen molar-refractivity contribution in [3.05, 3.63) is 70.2 Å². The third-order valence-electron chi connectivity index (χ3n) is 5.62. The van der Waals surface area contributed by atoms with E-state index >= 15 is 0 Å². The van der Waals surface area contributed by atoms with Crippen LogP contribution in [0.4, 0.5) is 11.4 Å². The Balaban J connectivity index is 1.25. The van der Waals surface area contributed by atoms with Crippen LogP contribution < -0.4 is 15.0 Å². The van der Waals surface area contributed by atoms with E-state index in [1.807, 2.05) is 48.7 Å². The van der Waals surface area contributed by atoms with Gasteiger partial charge in [0.25, 0.3) is 0 Å². The maximum atomic E-state index is 12.4. The van der Waals surface area contributed by atoms with Gasteiger partial charge in [-0.05, 0) is 62.1 Å². The number of aryl methyl sites for hydroxylation is 1. The molecule has 2 heterocycles. The molecule has 0 unspecified atom stereocenters. The lowest BCUT2D eigenvalue weighted by Gasteiger charge is -2.32. The summed E-state index contributed by atoms with van der Waals surface area (Å²) in [4.78, 5) is 19.4. The standard InChI is InChI=1S/C25H29N3O2S/c1-18-3-9-23(10-4-18)30-16-25-27-21(17-31-25)15-24(29)26-20-5-7-22(8-6-20)28-13-11-19(2)12-14-28/h3-10,17,19H,11-16H2,1-2H3,(H,26,29). The minimum atomic E-state index is -0.0594. The van der Waals surface area contributed by atoms with E-state index in [-0.39, 0.29) is 12.3 Å². The van der Waals surface area contributed by atoms with Crippen LogP contribution in [0.1, 0.15) is 36.0 Å². The van der Waals surface area contributed by atoms with Crippen LogP contribution in [0.25, 0.3) is 0 Å². The molecule has 4 rings (SSSR count). The third-order valence-corrected chi connectivity index (χ3v) is 6.50. The van der Waals surface area contributed by atoms with Crippen molar-refractivity contribution < 1.29 is 9.53 Å². The molecule has 3 aromatic rings. The van der Waals surface area contributed by atoms with Gasteiger partial charge in [-0.25, -0.2) is 4.98 Å². The minimum Gasteiger partial charge on any atom is -0.486 e. The van der Waals surface area contributed by atoms with Crippen molar-refractivity contribution in [2.45, 2.75) is 39.7 Å². The number of hydrogen-bond acceptors (Lipinski definition) is 5. The molecule has 1 aromatic heterocycles. The van der Waals surface area contributed by atoms with Gasteiger partial charge in [0.15, 0.2) is 0 Å². The molecule has 1 aliphatic rings. The predicted octanol–water partition coefficient (Wildman–Crippen LogP) is 5.45. The lowest BCUT2D eigenvalue weighted by molar-refractivity contribution is -0.115. The highest BCUT2D eigenvalue weighted by molar-refractivity contribution is 7.09. The van der Waals surface area contributed by atoms with E-state index < -0.39 is 0 Å². The summed E-state index contributed by atoms with van der Waals surface area (Å²) in [6.07, 6.45) is 2.74. The molecule has 162 valence electrons. The second-order valence-corrected chi connectivity index (χ2v) is 9.22. The zero-order valence-electron chi connectivity index (χ0n) is 18.1. The number of anilines is 2. The Bertz CT molecular complexity index is 990. The van der Waals surface area contributed by atoms with Crippen LogP contribution in [-0.4, -0.2) is 24.0 Å². The monoisotopic (exact) mass is 435 g/mol. The Labute approximate surface area is 188 Å². The molecule has 5 nitrogen and oxygen atoms in total. The number of benzene rings is 2. The quantitative estimate of drug-likeness (QED) is 0.536. The van der Waals surface area contributed by atoms with Crippen LogP contribution in [-0.2, 0) is 17.8 Å². The van der Waals surface area contributed by atoms with E-state index in [1.165, 1.54) is 35.4 Å². The molecule has 0 spiro atoms. The summed E-state index contributed by atoms with van der Waals surface area (Å²) in [6, 6.07) is 16.1. The topological polar surface area (TPSA) is 54.5 Å². The number of nitrogens with one attached hydrogen (secondary N) is 1. The molecule has 0 saturated carbocycles. The summed E-state index contributed by atoms with van der Waals surface area (Å²) in [6.45, 7) is 6.98. The molecule has 1 N–H and O–H groups in total. The summed E-state index contributed by atoms with van der Waals surface area (Å²) in [5, 5.41) is 5.76. The van der Waals surface area contributed by atoms with Crippen molar-refractivity contribution >= 4 is 28.6 Å². The Morgan fingerprint density at radius 2 is 1.84 bits per heavy atom. The van der Waals surface area contributed by atoms with Crippen molar-refractivity contribution in [1.29, 1.82) is 0 Å². The number of hydrogen-bond donors (Lipinski definition) is 1. The Morgan fingerprint density at radius 3 is 2.55 bits per heavy atom. The van der Waals surface area contributed by atoms with Gasteiger partial charge in [-0.1, -0.05) is 24.6 Å². The van der Waals surface area contributed by atoms with Gasteiger partial charge in [0.05, 0.1) is 12.1 Å². The molecule has 6 heteroatoms. The van der Waals surface area contributed by atoms with Crippen molar-refractivity contribution in [3.8, 4) is 5.75 Å². The highest BCUT2D eigenvalue weighted by atomic mass is 32.1. The molecule has 0 atom stereocenters. The lowest BCUT2D eigenvalue weighted by atomic mass is 9.99. The summed E-state index contributed by atoms with van der Waals surface area (Å²) in [5.41, 5.74) is 4.01. The number of aromatic nitrogens is 1. The van der Waals surface area contributed by atoms with Crippen LogP contribution in [0.5, 0.6) is 5.75 Å². The van der Waals surface area contributed by atoms with E-state index in [0.29, 0.717) is 6.61 Å². The van der Waals surface area contributed by atoms with Crippen molar-refractivity contribution in [1.82, 2.24) is 4.98 Å². The van der Waals surface area contributed by atoms with E-state index in [0.717, 1.165) is 41.1 Å². The molecular formula is C25H29N3O2S. The first-order valence-corrected chi connectivity index (χ1v) is 11.7. The second-order valence-electron chi connectivity index (χ2n) is 8.28. The van der Waals surface area contributed by atoms with Gasteiger partial charge in [0.1, 0.15) is 17.4 Å². The smallest absolute Gasteiger partial charge is 0.230 e. The highest BCUT2D eigenvalue weighted by Crippen LogP contribution is 2.24. The Kier molecular flexibility index (Phi) is 6.87. The average Bonchev–Trinajstić information content (AvgIpc) is 3.21. The van der Waals surface area contributed by atoms with Gasteiger partial charge < -0.3 is 15.0 Å². The fraction of sp³-hybridized carbons (Fsp3) is 0.360. The zero-order valence-corrected chi connectivity index (χ0v) is 19.0. The average molecular weight is 436 g/mol. The first kappa shape index (κ1) is 21.4. The van der Waals surface area contributed by atoms with Gasteiger partial charge in [-0.3, -0.25) is 4.79 Å². The van der Waals surface area contributed by atoms with Crippen molar-refractivity contribution in [2.24, 2.45) is 5.92 Å². The van der Waals surface area contributed by atoms with E-state index in [2.05, 4.69) is 34.3 Å². The summed E-state index contributed by atoms with van der Waals surface area (Å²) in [7, 11) is 0. The molecule has 1 saturated heterocycles. The second kappa shape index (κ2) is 9.96. The van der Waals surface area contributed by atoms with Crippen LogP contribution in [0.2, 0.25) is 0 Å². The van der Waals surface area contributed by atoms with Gasteiger partial charge >= 0.3 is 0 Å². The molecule has 1 amide bonds. The minimum absolute atomic E-state index is 0.0594. The number of carbonyl (C=O) groups excluding carboxylic acids is 1. The van der Waals surface area contributed by atoms with Gasteiger partial charge in [0.2, 0.25) is 5.91 Å². The zero-order chi connectivity index (χ0) is 21.6. The largest absolute Gasteiger partial charge is 0.486 e. The number of thiazole rings is 1. The number of amides is 1. The van der Waals surface area contributed by atoms with Crippen LogP contribution in [0.3, 0.4) is 0 Å². The van der Waals surface area contributed by atoms with Crippen molar-refractivity contribution in [3.63, 3.8) is 0 Å². The molecule has 1 fully saturated rings. The molecule has 0 bridgehead atoms. The van der Waals surface area contributed by atoms with Gasteiger partial charge in [0, 0.05) is 29.8 Å². The number of rotatable bonds is 7. The normalized spacial score (nSPS) is 14.5. The summed E-state index contributed by atoms with van der Waals surface area (Å²) < 4.78 is 5.77. The third kappa shape index (κ3) is 6.07. The molecule has 2 aromatic carbocycles. The summed E-state index contributed by atoms with van der Waals surface area (Å²) in [5.74, 6) is 1.58. The number of piperidine rings is 1. The highest BCUT2D eigenvalue weighted by Gasteiger charge is 2.16. The Hall–Kier alpha value is -2.86. The van der Waals surface area contributed by atoms with Crippen molar-refractivity contribution in [2.75, 3.05) is 23.3 Å². The molecule has 31 heavy (non-hydrogen) atoms. The number of carbonyl (C=O) groups is 1. The molecule has 1 aliphatic heterocycles. The number of nitrogens with zero attached hydrogens (tertiary/aromatic N) is 2. The Morgan fingerprint density at radius 1 is 1.13 bits per heavy atom. The number of ether oxygens (including phenoxy) is 1. The van der Waals surface area contributed by atoms with Crippen LogP contribution in [0.15, 0.2) is 53.9 Å². The fourth-order valence-electron chi connectivity index (χ4n) is 3.67. The van der Waals surface area contributed by atoms with Crippen LogP contribution >= 0.6 is 11.3 Å².